The van der Waals surface area contributed by atoms with Crippen molar-refractivity contribution in [3.05, 3.63) is 27.5 Å². The van der Waals surface area contributed by atoms with Gasteiger partial charge in [-0.25, -0.2) is 8.42 Å². The standard InChI is InChI=1S/C11H12N2O4S/c1-7-4-10(14)13(11(15)9(7)5-12)8-2-3-18(16,17)6-8/h4,8,15H,2-3,6H2,1H3. The Morgan fingerprint density at radius 2 is 2.22 bits per heavy atom. The predicted octanol–water partition coefficient (Wildman–Crippen LogP) is 0.0936. The van der Waals surface area contributed by atoms with Gasteiger partial charge in [-0.3, -0.25) is 9.36 Å². The molecule has 1 saturated heterocycles. The van der Waals surface area contributed by atoms with Crippen LogP contribution >= 0.6 is 0 Å². The third-order valence-corrected chi connectivity index (χ3v) is 4.86. The Morgan fingerprint density at radius 1 is 1.56 bits per heavy atom. The molecule has 0 spiro atoms. The van der Waals surface area contributed by atoms with Crippen LogP contribution in [0.15, 0.2) is 10.9 Å². The largest absolute Gasteiger partial charge is 0.493 e. The highest BCUT2D eigenvalue weighted by Crippen LogP contribution is 2.28. The molecule has 1 atom stereocenters. The van der Waals surface area contributed by atoms with Crippen LogP contribution in [0.25, 0.3) is 0 Å². The lowest BCUT2D eigenvalue weighted by molar-refractivity contribution is 0.378. The summed E-state index contributed by atoms with van der Waals surface area (Å²) in [6.07, 6.45) is 0.281. The first-order valence-electron chi connectivity index (χ1n) is 5.41. The number of pyridine rings is 1. The molecule has 0 aliphatic carbocycles. The van der Waals surface area contributed by atoms with Gasteiger partial charge in [-0.05, 0) is 18.9 Å². The molecule has 1 aliphatic rings. The fraction of sp³-hybridized carbons (Fsp3) is 0.455. The molecule has 6 nitrogen and oxygen atoms in total. The van der Waals surface area contributed by atoms with E-state index in [4.69, 9.17) is 5.26 Å². The zero-order valence-corrected chi connectivity index (χ0v) is 10.6. The van der Waals surface area contributed by atoms with E-state index < -0.39 is 27.3 Å². The number of nitriles is 1. The van der Waals surface area contributed by atoms with Crippen molar-refractivity contribution in [3.8, 4) is 11.9 Å². The zero-order chi connectivity index (χ0) is 13.5. The van der Waals surface area contributed by atoms with Gasteiger partial charge in [-0.15, -0.1) is 0 Å². The minimum atomic E-state index is -3.16. The van der Waals surface area contributed by atoms with E-state index >= 15 is 0 Å². The molecular weight excluding hydrogens is 256 g/mol. The summed E-state index contributed by atoms with van der Waals surface area (Å²) in [5.74, 6) is -0.613. The van der Waals surface area contributed by atoms with Crippen molar-refractivity contribution < 1.29 is 13.5 Å². The summed E-state index contributed by atoms with van der Waals surface area (Å²) in [5, 5.41) is 18.8. The third-order valence-electron chi connectivity index (χ3n) is 3.11. The highest BCUT2D eigenvalue weighted by molar-refractivity contribution is 7.91. The van der Waals surface area contributed by atoms with E-state index in [9.17, 15) is 18.3 Å². The second kappa shape index (κ2) is 4.14. The van der Waals surface area contributed by atoms with Crippen LogP contribution in [0.5, 0.6) is 5.88 Å². The topological polar surface area (TPSA) is 100 Å². The van der Waals surface area contributed by atoms with Crippen LogP contribution in [-0.4, -0.2) is 29.6 Å². The number of aryl methyl sites for hydroxylation is 1. The SMILES string of the molecule is Cc1cc(=O)n(C2CCS(=O)(=O)C2)c(O)c1C#N. The summed E-state index contributed by atoms with van der Waals surface area (Å²) < 4.78 is 23.8. The number of nitrogens with zero attached hydrogens (tertiary/aromatic N) is 2. The van der Waals surface area contributed by atoms with Crippen LogP contribution < -0.4 is 5.56 Å². The van der Waals surface area contributed by atoms with Crippen LogP contribution in [0, 0.1) is 18.3 Å². The van der Waals surface area contributed by atoms with E-state index in [1.807, 2.05) is 6.07 Å². The molecular formula is C11H12N2O4S. The lowest BCUT2D eigenvalue weighted by atomic mass is 10.1. The smallest absolute Gasteiger partial charge is 0.253 e. The van der Waals surface area contributed by atoms with Gasteiger partial charge in [0.2, 0.25) is 5.88 Å². The molecule has 0 saturated carbocycles. The number of hydrogen-bond acceptors (Lipinski definition) is 5. The Morgan fingerprint density at radius 3 is 2.72 bits per heavy atom. The van der Waals surface area contributed by atoms with E-state index in [0.717, 1.165) is 4.57 Å². The third kappa shape index (κ3) is 1.99. The summed E-state index contributed by atoms with van der Waals surface area (Å²) in [7, 11) is -3.16. The molecule has 0 bridgehead atoms. The summed E-state index contributed by atoms with van der Waals surface area (Å²) in [5.41, 5.74) is -0.0814. The van der Waals surface area contributed by atoms with Crippen LogP contribution in [0.1, 0.15) is 23.6 Å². The summed E-state index contributed by atoms with van der Waals surface area (Å²) in [4.78, 5) is 11.8. The molecule has 1 fully saturated rings. The van der Waals surface area contributed by atoms with Crippen molar-refractivity contribution >= 4 is 9.84 Å². The molecule has 0 radical (unpaired) electrons. The zero-order valence-electron chi connectivity index (χ0n) is 9.75. The van der Waals surface area contributed by atoms with Gasteiger partial charge in [0.15, 0.2) is 9.84 Å². The second-order valence-electron chi connectivity index (χ2n) is 4.40. The second-order valence-corrected chi connectivity index (χ2v) is 6.63. The van der Waals surface area contributed by atoms with Crippen molar-refractivity contribution in [2.45, 2.75) is 19.4 Å². The van der Waals surface area contributed by atoms with Gasteiger partial charge in [0, 0.05) is 6.07 Å². The predicted molar refractivity (Wildman–Crippen MR) is 64.1 cm³/mol. The van der Waals surface area contributed by atoms with Crippen LogP contribution in [-0.2, 0) is 9.84 Å². The lowest BCUT2D eigenvalue weighted by Gasteiger charge is -2.15. The number of aromatic nitrogens is 1. The summed E-state index contributed by atoms with van der Waals surface area (Å²) in [6.45, 7) is 1.55. The van der Waals surface area contributed by atoms with Gasteiger partial charge in [0.1, 0.15) is 11.6 Å². The molecule has 0 aromatic carbocycles. The van der Waals surface area contributed by atoms with Crippen molar-refractivity contribution in [1.82, 2.24) is 4.57 Å². The first-order chi connectivity index (χ1) is 8.35. The molecule has 0 amide bonds. The van der Waals surface area contributed by atoms with E-state index in [2.05, 4.69) is 0 Å². The highest BCUT2D eigenvalue weighted by Gasteiger charge is 2.31. The van der Waals surface area contributed by atoms with Crippen molar-refractivity contribution in [2.75, 3.05) is 11.5 Å². The monoisotopic (exact) mass is 268 g/mol. The van der Waals surface area contributed by atoms with E-state index in [1.54, 1.807) is 6.92 Å². The van der Waals surface area contributed by atoms with Gasteiger partial charge < -0.3 is 5.11 Å². The molecule has 96 valence electrons. The Balaban J connectivity index is 2.60. The average molecular weight is 268 g/mol. The van der Waals surface area contributed by atoms with Crippen molar-refractivity contribution in [2.24, 2.45) is 0 Å². The lowest BCUT2D eigenvalue weighted by Crippen LogP contribution is -2.26. The molecule has 2 rings (SSSR count). The summed E-state index contributed by atoms with van der Waals surface area (Å²) in [6, 6.07) is 2.47. The number of aromatic hydroxyl groups is 1. The first kappa shape index (κ1) is 12.6. The van der Waals surface area contributed by atoms with Crippen molar-refractivity contribution in [1.29, 1.82) is 5.26 Å². The molecule has 18 heavy (non-hydrogen) atoms. The van der Waals surface area contributed by atoms with Crippen molar-refractivity contribution in [3.63, 3.8) is 0 Å². The van der Waals surface area contributed by atoms with Gasteiger partial charge in [-0.2, -0.15) is 5.26 Å². The Labute approximate surface area is 104 Å². The van der Waals surface area contributed by atoms with Crippen LogP contribution in [0.2, 0.25) is 0 Å². The van der Waals surface area contributed by atoms with E-state index in [0.29, 0.717) is 5.56 Å². The average Bonchev–Trinajstić information content (AvgIpc) is 2.58. The number of hydrogen-bond donors (Lipinski definition) is 1. The maximum atomic E-state index is 11.8. The van der Waals surface area contributed by atoms with E-state index in [1.165, 1.54) is 6.07 Å². The molecule has 7 heteroatoms. The first-order valence-corrected chi connectivity index (χ1v) is 7.23. The Hall–Kier alpha value is -1.81. The fourth-order valence-electron chi connectivity index (χ4n) is 2.20. The minimum absolute atomic E-state index is 0.000685. The number of rotatable bonds is 1. The van der Waals surface area contributed by atoms with Gasteiger partial charge in [0.25, 0.3) is 5.56 Å². The molecule has 2 heterocycles. The maximum Gasteiger partial charge on any atom is 0.253 e. The maximum absolute atomic E-state index is 11.8. The molecule has 1 unspecified atom stereocenters. The van der Waals surface area contributed by atoms with Gasteiger partial charge in [0.05, 0.1) is 17.5 Å². The van der Waals surface area contributed by atoms with Crippen LogP contribution in [0.4, 0.5) is 0 Å². The fourth-order valence-corrected chi connectivity index (χ4v) is 3.90. The molecule has 1 aliphatic heterocycles. The Kier molecular flexibility index (Phi) is 2.91. The quantitative estimate of drug-likeness (QED) is 0.778. The van der Waals surface area contributed by atoms with Gasteiger partial charge >= 0.3 is 0 Å². The molecule has 1 aromatic rings. The summed E-state index contributed by atoms with van der Waals surface area (Å²) >= 11 is 0. The van der Waals surface area contributed by atoms with E-state index in [-0.39, 0.29) is 23.5 Å². The minimum Gasteiger partial charge on any atom is -0.493 e. The van der Waals surface area contributed by atoms with Crippen LogP contribution in [0.3, 0.4) is 0 Å². The highest BCUT2D eigenvalue weighted by atomic mass is 32.2. The normalized spacial score (nSPS) is 21.7. The number of sulfone groups is 1. The Bertz CT molecular complexity index is 697. The molecule has 1 N–H and O–H groups in total. The molecule has 1 aromatic heterocycles. The van der Waals surface area contributed by atoms with Gasteiger partial charge in [-0.1, -0.05) is 0 Å².